The van der Waals surface area contributed by atoms with Crippen LogP contribution in [-0.2, 0) is 10.4 Å². The number of aliphatic hydroxyl groups excluding tert-OH is 3. The van der Waals surface area contributed by atoms with Crippen LogP contribution in [0.2, 0.25) is 0 Å². The fraction of sp³-hybridized carbons (Fsp3) is 0.391. The Bertz CT molecular complexity index is 1180. The molecule has 8 N–H and O–H groups in total. The SMILES string of the molecule is C=C(N)C1=C(O)C(N(C)C)C2C(O)C3C(=C(O)[C@]2(O)C1=O)C(=O)c1c(O)cccc1[C@]3(C)O. The van der Waals surface area contributed by atoms with Gasteiger partial charge in [-0.15, -0.1) is 0 Å². The molecule has 4 unspecified atom stereocenters. The van der Waals surface area contributed by atoms with E-state index in [4.69, 9.17) is 5.73 Å². The molecular weight excluding hydrogens is 432 g/mol. The van der Waals surface area contributed by atoms with Crippen molar-refractivity contribution >= 4 is 11.6 Å². The standard InChI is InChI=1S/C23H26N2O8/c1-8(24)11-18(28)16(25(3)4)15-19(29)14-13(21(31)23(15,33)20(11)30)17(27)12-9(22(14,2)32)6-5-7-10(12)26/h5-7,14-16,19,26,28-29,31-33H,1,24H2,2-4H3/t14?,15?,16?,19?,22-,23+/m0/s1. The summed E-state index contributed by atoms with van der Waals surface area (Å²) in [5.74, 6) is -7.40. The van der Waals surface area contributed by atoms with E-state index in [-0.39, 0.29) is 16.8 Å². The van der Waals surface area contributed by atoms with Crippen LogP contribution in [0.5, 0.6) is 5.75 Å². The van der Waals surface area contributed by atoms with Gasteiger partial charge >= 0.3 is 0 Å². The third-order valence-corrected chi connectivity index (χ3v) is 7.11. The van der Waals surface area contributed by atoms with Gasteiger partial charge in [0.25, 0.3) is 0 Å². The van der Waals surface area contributed by atoms with Crippen molar-refractivity contribution in [1.82, 2.24) is 4.90 Å². The summed E-state index contributed by atoms with van der Waals surface area (Å²) in [6.45, 7) is 4.75. The molecule has 176 valence electrons. The van der Waals surface area contributed by atoms with Gasteiger partial charge in [-0.1, -0.05) is 18.7 Å². The number of ketones is 2. The quantitative estimate of drug-likeness (QED) is 0.311. The number of aliphatic hydroxyl groups is 5. The minimum absolute atomic E-state index is 0.0119. The van der Waals surface area contributed by atoms with Crippen LogP contribution in [-0.4, -0.2) is 78.9 Å². The van der Waals surface area contributed by atoms with Crippen molar-refractivity contribution < 1.29 is 40.2 Å². The molecule has 0 spiro atoms. The van der Waals surface area contributed by atoms with Gasteiger partial charge in [-0.05, 0) is 32.6 Å². The second-order valence-corrected chi connectivity index (χ2v) is 9.22. The first-order chi connectivity index (χ1) is 15.2. The Morgan fingerprint density at radius 1 is 1.15 bits per heavy atom. The lowest BCUT2D eigenvalue weighted by Gasteiger charge is -2.55. The van der Waals surface area contributed by atoms with Crippen LogP contribution in [0.25, 0.3) is 0 Å². The number of likely N-dealkylation sites (N-methyl/N-ethyl adjacent to an activating group) is 1. The summed E-state index contributed by atoms with van der Waals surface area (Å²) in [4.78, 5) is 28.2. The molecule has 0 aliphatic heterocycles. The Hall–Kier alpha value is -3.18. The number of phenolic OH excluding ortho intramolecular Hbond substituents is 1. The summed E-state index contributed by atoms with van der Waals surface area (Å²) in [6, 6.07) is 2.79. The molecule has 0 radical (unpaired) electrons. The molecule has 4 rings (SSSR count). The molecular formula is C23H26N2O8. The highest BCUT2D eigenvalue weighted by Gasteiger charge is 2.68. The zero-order valence-electron chi connectivity index (χ0n) is 18.3. The highest BCUT2D eigenvalue weighted by atomic mass is 16.4. The first kappa shape index (κ1) is 23.0. The number of Topliss-reactive ketones (excluding diaryl/α,β-unsaturated/α-hetero) is 2. The molecule has 6 atom stereocenters. The summed E-state index contributed by atoms with van der Waals surface area (Å²) in [7, 11) is 3.02. The molecule has 33 heavy (non-hydrogen) atoms. The number of nitrogens with zero attached hydrogens (tertiary/aromatic N) is 1. The van der Waals surface area contributed by atoms with Crippen LogP contribution < -0.4 is 5.73 Å². The first-order valence-electron chi connectivity index (χ1n) is 10.2. The van der Waals surface area contributed by atoms with Crippen LogP contribution in [0.3, 0.4) is 0 Å². The van der Waals surface area contributed by atoms with E-state index < -0.39 is 75.2 Å². The topological polar surface area (TPSA) is 185 Å². The number of fused-ring (bicyclic) bond motifs is 3. The van der Waals surface area contributed by atoms with E-state index in [1.54, 1.807) is 0 Å². The maximum absolute atomic E-state index is 13.4. The number of nitrogens with two attached hydrogens (primary N) is 1. The Balaban J connectivity index is 2.10. The zero-order chi connectivity index (χ0) is 24.8. The molecule has 10 nitrogen and oxygen atoms in total. The van der Waals surface area contributed by atoms with E-state index >= 15 is 0 Å². The van der Waals surface area contributed by atoms with E-state index in [1.165, 1.54) is 44.1 Å². The van der Waals surface area contributed by atoms with Gasteiger partial charge in [0, 0.05) is 5.70 Å². The lowest BCUT2D eigenvalue weighted by atomic mass is 9.54. The highest BCUT2D eigenvalue weighted by molar-refractivity contribution is 6.16. The Morgan fingerprint density at radius 2 is 1.76 bits per heavy atom. The number of phenols is 1. The molecule has 0 fully saturated rings. The predicted octanol–water partition coefficient (Wildman–Crippen LogP) is -0.256. The van der Waals surface area contributed by atoms with Gasteiger partial charge in [-0.25, -0.2) is 0 Å². The number of carbonyl (C=O) groups excluding carboxylic acids is 2. The van der Waals surface area contributed by atoms with Crippen molar-refractivity contribution in [3.05, 3.63) is 64.3 Å². The van der Waals surface area contributed by atoms with Crippen LogP contribution in [0.1, 0.15) is 22.8 Å². The molecule has 1 aromatic rings. The summed E-state index contributed by atoms with van der Waals surface area (Å²) >= 11 is 0. The smallest absolute Gasteiger partial charge is 0.208 e. The molecule has 3 aliphatic carbocycles. The second-order valence-electron chi connectivity index (χ2n) is 9.22. The minimum atomic E-state index is -2.86. The van der Waals surface area contributed by atoms with Crippen LogP contribution in [0.15, 0.2) is 53.1 Å². The van der Waals surface area contributed by atoms with Crippen LogP contribution in [0, 0.1) is 11.8 Å². The molecule has 0 aromatic heterocycles. The largest absolute Gasteiger partial charge is 0.510 e. The van der Waals surface area contributed by atoms with Crippen molar-refractivity contribution in [2.75, 3.05) is 14.1 Å². The Labute approximate surface area is 189 Å². The number of rotatable bonds is 2. The van der Waals surface area contributed by atoms with Crippen molar-refractivity contribution in [3.8, 4) is 5.75 Å². The van der Waals surface area contributed by atoms with Gasteiger partial charge in [0.05, 0.1) is 46.3 Å². The van der Waals surface area contributed by atoms with Gasteiger partial charge in [-0.3, -0.25) is 14.5 Å². The van der Waals surface area contributed by atoms with Gasteiger partial charge in [0.2, 0.25) is 5.78 Å². The lowest BCUT2D eigenvalue weighted by molar-refractivity contribution is -0.172. The highest BCUT2D eigenvalue weighted by Crippen LogP contribution is 2.56. The van der Waals surface area contributed by atoms with Crippen molar-refractivity contribution in [2.45, 2.75) is 30.3 Å². The maximum Gasteiger partial charge on any atom is 0.208 e. The number of allylic oxidation sites excluding steroid dienone is 1. The van der Waals surface area contributed by atoms with E-state index in [1.807, 2.05) is 0 Å². The predicted molar refractivity (Wildman–Crippen MR) is 115 cm³/mol. The van der Waals surface area contributed by atoms with E-state index in [9.17, 15) is 40.2 Å². The number of benzene rings is 1. The van der Waals surface area contributed by atoms with Gasteiger partial charge < -0.3 is 36.4 Å². The molecule has 10 heteroatoms. The monoisotopic (exact) mass is 458 g/mol. The first-order valence-corrected chi connectivity index (χ1v) is 10.2. The van der Waals surface area contributed by atoms with Gasteiger partial charge in [-0.2, -0.15) is 0 Å². The summed E-state index contributed by atoms with van der Waals surface area (Å²) < 4.78 is 0. The zero-order valence-corrected chi connectivity index (χ0v) is 18.3. The third kappa shape index (κ3) is 2.63. The number of hydrogen-bond acceptors (Lipinski definition) is 10. The summed E-state index contributed by atoms with van der Waals surface area (Å²) in [5, 5.41) is 67.0. The van der Waals surface area contributed by atoms with Crippen molar-refractivity contribution in [2.24, 2.45) is 17.6 Å². The van der Waals surface area contributed by atoms with Crippen LogP contribution >= 0.6 is 0 Å². The number of hydrogen-bond donors (Lipinski definition) is 7. The molecule has 3 aliphatic rings. The summed E-state index contributed by atoms with van der Waals surface area (Å²) in [6.07, 6.45) is -1.79. The molecule has 0 amide bonds. The Morgan fingerprint density at radius 3 is 2.30 bits per heavy atom. The van der Waals surface area contributed by atoms with Crippen LogP contribution in [0.4, 0.5) is 0 Å². The fourth-order valence-electron chi connectivity index (χ4n) is 5.68. The third-order valence-electron chi connectivity index (χ3n) is 7.11. The van der Waals surface area contributed by atoms with E-state index in [0.29, 0.717) is 0 Å². The fourth-order valence-corrected chi connectivity index (χ4v) is 5.68. The van der Waals surface area contributed by atoms with Crippen molar-refractivity contribution in [1.29, 1.82) is 0 Å². The number of aromatic hydroxyl groups is 1. The molecule has 0 bridgehead atoms. The Kier molecular flexibility index (Phi) is 4.81. The summed E-state index contributed by atoms with van der Waals surface area (Å²) in [5.41, 5.74) is -0.991. The maximum atomic E-state index is 13.4. The normalized spacial score (nSPS) is 36.0. The lowest BCUT2D eigenvalue weighted by Crippen LogP contribution is -2.69. The molecule has 1 aromatic carbocycles. The van der Waals surface area contributed by atoms with E-state index in [2.05, 4.69) is 6.58 Å². The van der Waals surface area contributed by atoms with Gasteiger partial charge in [0.1, 0.15) is 17.3 Å². The second kappa shape index (κ2) is 6.91. The minimum Gasteiger partial charge on any atom is -0.510 e. The van der Waals surface area contributed by atoms with E-state index in [0.717, 1.165) is 0 Å². The van der Waals surface area contributed by atoms with Gasteiger partial charge in [0.15, 0.2) is 11.4 Å². The average Bonchev–Trinajstić information content (AvgIpc) is 2.70. The van der Waals surface area contributed by atoms with Crippen molar-refractivity contribution in [3.63, 3.8) is 0 Å². The molecule has 0 saturated carbocycles. The molecule has 0 saturated heterocycles. The molecule has 0 heterocycles. The average molecular weight is 458 g/mol. The number of carbonyl (C=O) groups is 2.